The Balaban J connectivity index is 1.14. The van der Waals surface area contributed by atoms with E-state index in [0.29, 0.717) is 34.9 Å². The van der Waals surface area contributed by atoms with Gasteiger partial charge in [-0.15, -0.1) is 0 Å². The van der Waals surface area contributed by atoms with Crippen molar-refractivity contribution >= 4 is 10.8 Å². The predicted octanol–water partition coefficient (Wildman–Crippen LogP) is 11.3. The average Bonchev–Trinajstić information content (AvgIpc) is 3.51. The predicted molar refractivity (Wildman–Crippen MR) is 207 cm³/mol. The molecule has 4 fully saturated rings. The van der Waals surface area contributed by atoms with Gasteiger partial charge in [-0.1, -0.05) is 115 Å². The molecule has 4 heteroatoms. The van der Waals surface area contributed by atoms with Crippen LogP contribution in [0.5, 0.6) is 0 Å². The monoisotopic (exact) mass is 668 g/mol. The van der Waals surface area contributed by atoms with Gasteiger partial charge in [0.05, 0.1) is 11.6 Å². The van der Waals surface area contributed by atoms with Crippen LogP contribution in [0.2, 0.25) is 0 Å². The number of benzene rings is 6. The van der Waals surface area contributed by atoms with Crippen LogP contribution in [0.15, 0.2) is 133 Å². The molecule has 0 radical (unpaired) electrons. The maximum atomic E-state index is 9.34. The largest absolute Gasteiger partial charge is 0.208 e. The lowest BCUT2D eigenvalue weighted by molar-refractivity contribution is -0.0393. The number of fused-ring (bicyclic) bond motifs is 5. The molecule has 0 saturated heterocycles. The van der Waals surface area contributed by atoms with Gasteiger partial charge < -0.3 is 0 Å². The lowest BCUT2D eigenvalue weighted by Gasteiger charge is -2.61. The number of aromatic nitrogens is 3. The summed E-state index contributed by atoms with van der Waals surface area (Å²) in [4.78, 5) is 15.7. The topological polar surface area (TPSA) is 62.5 Å². The number of rotatable bonds is 4. The molecular formula is C48H36N4. The summed E-state index contributed by atoms with van der Waals surface area (Å²) in [6.45, 7) is 0. The Bertz CT molecular complexity index is 2570. The molecule has 4 nitrogen and oxygen atoms in total. The van der Waals surface area contributed by atoms with Gasteiger partial charge in [-0.3, -0.25) is 0 Å². The Hall–Kier alpha value is -5.92. The molecule has 0 N–H and O–H groups in total. The first kappa shape index (κ1) is 29.8. The van der Waals surface area contributed by atoms with Crippen molar-refractivity contribution in [3.8, 4) is 62.5 Å². The fraction of sp³-hybridized carbons (Fsp3) is 0.208. The molecule has 0 amide bonds. The highest BCUT2D eigenvalue weighted by Crippen LogP contribution is 2.70. The number of hydrogen-bond donors (Lipinski definition) is 0. The summed E-state index contributed by atoms with van der Waals surface area (Å²) in [7, 11) is 0. The molecule has 0 unspecified atom stereocenters. The second-order valence-electron chi connectivity index (χ2n) is 15.6. The highest BCUT2D eigenvalue weighted by molar-refractivity contribution is 6.01. The van der Waals surface area contributed by atoms with Crippen LogP contribution in [-0.2, 0) is 5.41 Å². The quantitative estimate of drug-likeness (QED) is 0.187. The van der Waals surface area contributed by atoms with Crippen molar-refractivity contribution in [2.24, 2.45) is 23.7 Å². The minimum atomic E-state index is 0.0164. The van der Waals surface area contributed by atoms with Gasteiger partial charge >= 0.3 is 0 Å². The van der Waals surface area contributed by atoms with E-state index in [0.717, 1.165) is 39.7 Å². The Morgan fingerprint density at radius 2 is 1.17 bits per heavy atom. The molecule has 1 heterocycles. The van der Waals surface area contributed by atoms with Gasteiger partial charge in [0.1, 0.15) is 0 Å². The minimum Gasteiger partial charge on any atom is -0.208 e. The zero-order valence-electron chi connectivity index (χ0n) is 28.8. The highest BCUT2D eigenvalue weighted by atomic mass is 15.0. The summed E-state index contributed by atoms with van der Waals surface area (Å²) in [6, 6.07) is 49.4. The van der Waals surface area contributed by atoms with Gasteiger partial charge in [0, 0.05) is 22.1 Å². The summed E-state index contributed by atoms with van der Waals surface area (Å²) in [5.74, 6) is 5.09. The van der Waals surface area contributed by atoms with E-state index in [2.05, 4.69) is 97.1 Å². The molecule has 7 aromatic rings. The van der Waals surface area contributed by atoms with Crippen molar-refractivity contribution in [3.63, 3.8) is 0 Å². The van der Waals surface area contributed by atoms with Crippen LogP contribution in [0.25, 0.3) is 67.2 Å². The van der Waals surface area contributed by atoms with E-state index in [9.17, 15) is 5.26 Å². The van der Waals surface area contributed by atoms with Crippen LogP contribution in [0.3, 0.4) is 0 Å². The van der Waals surface area contributed by atoms with Crippen molar-refractivity contribution < 1.29 is 0 Å². The molecule has 0 aliphatic heterocycles. The van der Waals surface area contributed by atoms with Gasteiger partial charge in [-0.05, 0) is 118 Å². The maximum Gasteiger partial charge on any atom is 0.164 e. The second-order valence-corrected chi connectivity index (χ2v) is 15.6. The van der Waals surface area contributed by atoms with E-state index in [1.807, 2.05) is 42.5 Å². The van der Waals surface area contributed by atoms with E-state index in [-0.39, 0.29) is 5.41 Å². The number of nitriles is 1. The van der Waals surface area contributed by atoms with Crippen LogP contribution in [0.1, 0.15) is 48.8 Å². The van der Waals surface area contributed by atoms with Gasteiger partial charge in [0.15, 0.2) is 17.5 Å². The standard InChI is InChI=1S/C48H36N4/c49-28-29-16-18-32(19-17-29)35-11-6-12-36(27-35)46-50-45(34-9-2-1-3-10-34)51-47(52-46)41-14-7-15-42-43(41)40-21-20-33-8-4-5-13-39(33)44(40)48(42)37-23-30-22-31(25-37)26-38(48)24-30/h1-21,27,30-31,37-38H,22-26H2. The Kier molecular flexibility index (Phi) is 6.47. The summed E-state index contributed by atoms with van der Waals surface area (Å²) >= 11 is 0. The zero-order chi connectivity index (χ0) is 34.4. The number of hydrogen-bond acceptors (Lipinski definition) is 4. The van der Waals surface area contributed by atoms with Crippen molar-refractivity contribution in [1.82, 2.24) is 15.0 Å². The SMILES string of the molecule is N#Cc1ccc(-c2cccc(-c3nc(-c4ccccc4)nc(-c4cccc5c4-c4ccc6ccccc6c4C54C5CC6CC(C5)CC4C6)n3)c2)cc1. The van der Waals surface area contributed by atoms with Gasteiger partial charge in [-0.25, -0.2) is 15.0 Å². The summed E-state index contributed by atoms with van der Waals surface area (Å²) in [6.07, 6.45) is 6.78. The smallest absolute Gasteiger partial charge is 0.164 e. The molecule has 4 bridgehead atoms. The second kappa shape index (κ2) is 11.3. The summed E-state index contributed by atoms with van der Waals surface area (Å²) in [5, 5.41) is 12.1. The first-order valence-electron chi connectivity index (χ1n) is 18.8. The van der Waals surface area contributed by atoms with Crippen molar-refractivity contribution in [1.29, 1.82) is 5.26 Å². The molecular weight excluding hydrogens is 633 g/mol. The molecule has 248 valence electrons. The molecule has 52 heavy (non-hydrogen) atoms. The maximum absolute atomic E-state index is 9.34. The van der Waals surface area contributed by atoms with Crippen molar-refractivity contribution in [2.75, 3.05) is 0 Å². The van der Waals surface area contributed by atoms with E-state index in [4.69, 9.17) is 15.0 Å². The third-order valence-electron chi connectivity index (χ3n) is 12.9. The van der Waals surface area contributed by atoms with E-state index in [1.165, 1.54) is 59.6 Å². The molecule has 1 spiro atoms. The summed E-state index contributed by atoms with van der Waals surface area (Å²) < 4.78 is 0. The number of nitrogens with zero attached hydrogens (tertiary/aromatic N) is 4. The molecule has 0 atom stereocenters. The normalized spacial score (nSPS) is 23.4. The third-order valence-corrected chi connectivity index (χ3v) is 12.9. The van der Waals surface area contributed by atoms with E-state index < -0.39 is 0 Å². The van der Waals surface area contributed by atoms with Crippen molar-refractivity contribution in [3.05, 3.63) is 150 Å². The fourth-order valence-electron chi connectivity index (χ4n) is 11.1. The van der Waals surface area contributed by atoms with Crippen LogP contribution < -0.4 is 0 Å². The third kappa shape index (κ3) is 4.29. The minimum absolute atomic E-state index is 0.0164. The lowest BCUT2D eigenvalue weighted by Crippen LogP contribution is -2.55. The van der Waals surface area contributed by atoms with Gasteiger partial charge in [0.2, 0.25) is 0 Å². The highest BCUT2D eigenvalue weighted by Gasteiger charge is 2.62. The van der Waals surface area contributed by atoms with E-state index in [1.54, 1.807) is 5.56 Å². The van der Waals surface area contributed by atoms with E-state index >= 15 is 0 Å². The van der Waals surface area contributed by atoms with Crippen LogP contribution >= 0.6 is 0 Å². The molecule has 6 aromatic carbocycles. The van der Waals surface area contributed by atoms with Crippen LogP contribution in [0.4, 0.5) is 0 Å². The first-order valence-corrected chi connectivity index (χ1v) is 18.8. The zero-order valence-corrected chi connectivity index (χ0v) is 28.8. The Morgan fingerprint density at radius 1 is 0.519 bits per heavy atom. The fourth-order valence-corrected chi connectivity index (χ4v) is 11.1. The van der Waals surface area contributed by atoms with Crippen LogP contribution in [0, 0.1) is 35.0 Å². The average molecular weight is 669 g/mol. The molecule has 12 rings (SSSR count). The van der Waals surface area contributed by atoms with Gasteiger partial charge in [0.25, 0.3) is 0 Å². The Morgan fingerprint density at radius 3 is 1.94 bits per heavy atom. The molecule has 5 aliphatic rings. The molecule has 1 aromatic heterocycles. The first-order chi connectivity index (χ1) is 25.7. The summed E-state index contributed by atoms with van der Waals surface area (Å²) in [5.41, 5.74) is 11.5. The molecule has 5 aliphatic carbocycles. The van der Waals surface area contributed by atoms with Crippen LogP contribution in [-0.4, -0.2) is 15.0 Å². The molecule has 4 saturated carbocycles. The Labute approximate surface area is 303 Å². The van der Waals surface area contributed by atoms with Crippen molar-refractivity contribution in [2.45, 2.75) is 37.5 Å². The lowest BCUT2D eigenvalue weighted by atomic mass is 9.43. The van der Waals surface area contributed by atoms with Gasteiger partial charge in [-0.2, -0.15) is 5.26 Å².